The zero-order valence-electron chi connectivity index (χ0n) is 10.3. The highest BCUT2D eigenvalue weighted by Gasteiger charge is 2.09. The molecule has 2 aromatic rings. The maximum Gasteiger partial charge on any atom is 0.121 e. The first-order chi connectivity index (χ1) is 8.79. The highest BCUT2D eigenvalue weighted by Crippen LogP contribution is 2.14. The molecule has 1 unspecified atom stereocenters. The fraction of sp³-hybridized carbons (Fsp3) is 0.200. The summed E-state index contributed by atoms with van der Waals surface area (Å²) in [4.78, 5) is 4.22. The summed E-state index contributed by atoms with van der Waals surface area (Å²) in [7, 11) is 0. The molecule has 0 aliphatic heterocycles. The lowest BCUT2D eigenvalue weighted by Crippen LogP contribution is -2.20. The minimum atomic E-state index is -0.299. The van der Waals surface area contributed by atoms with Crippen molar-refractivity contribution in [3.63, 3.8) is 0 Å². The molecule has 0 fully saturated rings. The summed E-state index contributed by atoms with van der Waals surface area (Å²) in [5.41, 5.74) is 3.09. The number of hydrogen-bond donors (Lipinski definition) is 1. The first-order valence-electron chi connectivity index (χ1n) is 5.89. The minimum absolute atomic E-state index is 0.299. The van der Waals surface area contributed by atoms with E-state index in [2.05, 4.69) is 16.4 Å². The molecule has 0 spiro atoms. The van der Waals surface area contributed by atoms with Crippen LogP contribution in [0.1, 0.15) is 22.9 Å². The van der Waals surface area contributed by atoms with Gasteiger partial charge in [0.25, 0.3) is 0 Å². The number of pyridine rings is 1. The van der Waals surface area contributed by atoms with Crippen LogP contribution in [0.3, 0.4) is 0 Å². The maximum absolute atomic E-state index is 9.22. The summed E-state index contributed by atoms with van der Waals surface area (Å²) in [6, 6.07) is 15.7. The Labute approximate surface area is 107 Å². The molecule has 1 atom stereocenters. The van der Waals surface area contributed by atoms with Crippen LogP contribution in [0.15, 0.2) is 48.7 Å². The van der Waals surface area contributed by atoms with Gasteiger partial charge in [0.2, 0.25) is 0 Å². The standard InChI is InChI=1S/C15H15N3/c1-12-5-4-6-13(9-12)15(10-16)18-11-14-7-2-3-8-17-14/h2-9,15,18H,11H2,1H3. The minimum Gasteiger partial charge on any atom is -0.293 e. The molecule has 90 valence electrons. The summed E-state index contributed by atoms with van der Waals surface area (Å²) < 4.78 is 0. The lowest BCUT2D eigenvalue weighted by Gasteiger charge is -2.12. The quantitative estimate of drug-likeness (QED) is 0.889. The molecule has 0 radical (unpaired) electrons. The van der Waals surface area contributed by atoms with E-state index < -0.39 is 0 Å². The van der Waals surface area contributed by atoms with Crippen LogP contribution in [0.4, 0.5) is 0 Å². The Morgan fingerprint density at radius 1 is 1.28 bits per heavy atom. The van der Waals surface area contributed by atoms with Gasteiger partial charge in [0.15, 0.2) is 0 Å². The van der Waals surface area contributed by atoms with Crippen molar-refractivity contribution in [1.29, 1.82) is 5.26 Å². The monoisotopic (exact) mass is 237 g/mol. The normalized spacial score (nSPS) is 11.8. The van der Waals surface area contributed by atoms with Gasteiger partial charge in [0, 0.05) is 12.7 Å². The van der Waals surface area contributed by atoms with Crippen molar-refractivity contribution in [2.45, 2.75) is 19.5 Å². The number of benzene rings is 1. The molecular formula is C15H15N3. The molecule has 0 aliphatic carbocycles. The van der Waals surface area contributed by atoms with Crippen LogP contribution in [0.2, 0.25) is 0 Å². The smallest absolute Gasteiger partial charge is 0.121 e. The van der Waals surface area contributed by atoms with Crippen molar-refractivity contribution >= 4 is 0 Å². The van der Waals surface area contributed by atoms with E-state index in [0.717, 1.165) is 16.8 Å². The van der Waals surface area contributed by atoms with E-state index in [1.165, 1.54) is 0 Å². The number of rotatable bonds is 4. The molecule has 0 bridgehead atoms. The first-order valence-corrected chi connectivity index (χ1v) is 5.89. The largest absolute Gasteiger partial charge is 0.293 e. The number of aryl methyl sites for hydroxylation is 1. The Morgan fingerprint density at radius 3 is 2.83 bits per heavy atom. The highest BCUT2D eigenvalue weighted by molar-refractivity contribution is 5.28. The van der Waals surface area contributed by atoms with Crippen LogP contribution in [-0.2, 0) is 6.54 Å². The molecule has 3 nitrogen and oxygen atoms in total. The number of nitriles is 1. The van der Waals surface area contributed by atoms with Gasteiger partial charge in [-0.15, -0.1) is 0 Å². The molecule has 1 aromatic carbocycles. The highest BCUT2D eigenvalue weighted by atomic mass is 14.9. The molecule has 0 saturated carbocycles. The van der Waals surface area contributed by atoms with Gasteiger partial charge in [0.1, 0.15) is 6.04 Å². The van der Waals surface area contributed by atoms with E-state index in [4.69, 9.17) is 0 Å². The Kier molecular flexibility index (Phi) is 4.06. The molecule has 2 rings (SSSR count). The van der Waals surface area contributed by atoms with Crippen LogP contribution in [0.5, 0.6) is 0 Å². The number of hydrogen-bond acceptors (Lipinski definition) is 3. The summed E-state index contributed by atoms with van der Waals surface area (Å²) in [6.45, 7) is 2.61. The third kappa shape index (κ3) is 3.16. The van der Waals surface area contributed by atoms with Gasteiger partial charge < -0.3 is 0 Å². The summed E-state index contributed by atoms with van der Waals surface area (Å²) in [6.07, 6.45) is 1.76. The van der Waals surface area contributed by atoms with E-state index in [-0.39, 0.29) is 6.04 Å². The van der Waals surface area contributed by atoms with E-state index in [0.29, 0.717) is 6.54 Å². The van der Waals surface area contributed by atoms with Gasteiger partial charge in [-0.2, -0.15) is 5.26 Å². The van der Waals surface area contributed by atoms with Crippen LogP contribution in [-0.4, -0.2) is 4.98 Å². The first kappa shape index (κ1) is 12.3. The van der Waals surface area contributed by atoms with Crippen LogP contribution < -0.4 is 5.32 Å². The van der Waals surface area contributed by atoms with E-state index in [9.17, 15) is 5.26 Å². The average Bonchev–Trinajstić information content (AvgIpc) is 2.41. The lowest BCUT2D eigenvalue weighted by molar-refractivity contribution is 0.620. The molecule has 1 aromatic heterocycles. The van der Waals surface area contributed by atoms with Gasteiger partial charge in [-0.3, -0.25) is 10.3 Å². The molecule has 3 heteroatoms. The second kappa shape index (κ2) is 5.95. The van der Waals surface area contributed by atoms with Crippen molar-refractivity contribution in [2.24, 2.45) is 0 Å². The predicted molar refractivity (Wildman–Crippen MR) is 70.6 cm³/mol. The molecular weight excluding hydrogens is 222 g/mol. The summed E-state index contributed by atoms with van der Waals surface area (Å²) in [5.74, 6) is 0. The van der Waals surface area contributed by atoms with Crippen molar-refractivity contribution in [1.82, 2.24) is 10.3 Å². The summed E-state index contributed by atoms with van der Waals surface area (Å²) in [5, 5.41) is 12.4. The fourth-order valence-electron chi connectivity index (χ4n) is 1.80. The predicted octanol–water partition coefficient (Wildman–Crippen LogP) is 2.74. The maximum atomic E-state index is 9.22. The Balaban J connectivity index is 2.05. The average molecular weight is 237 g/mol. The van der Waals surface area contributed by atoms with E-state index >= 15 is 0 Å². The zero-order chi connectivity index (χ0) is 12.8. The van der Waals surface area contributed by atoms with Gasteiger partial charge in [-0.05, 0) is 24.6 Å². The van der Waals surface area contributed by atoms with E-state index in [1.807, 2.05) is 49.4 Å². The molecule has 0 saturated heterocycles. The lowest BCUT2D eigenvalue weighted by atomic mass is 10.1. The molecule has 1 heterocycles. The third-order valence-corrected chi connectivity index (χ3v) is 2.72. The Bertz CT molecular complexity index is 543. The van der Waals surface area contributed by atoms with Crippen LogP contribution >= 0.6 is 0 Å². The van der Waals surface area contributed by atoms with E-state index in [1.54, 1.807) is 6.20 Å². The Hall–Kier alpha value is -2.18. The summed E-state index contributed by atoms with van der Waals surface area (Å²) >= 11 is 0. The zero-order valence-corrected chi connectivity index (χ0v) is 10.3. The van der Waals surface area contributed by atoms with Crippen molar-refractivity contribution in [3.8, 4) is 6.07 Å². The van der Waals surface area contributed by atoms with Crippen molar-refractivity contribution < 1.29 is 0 Å². The van der Waals surface area contributed by atoms with Crippen molar-refractivity contribution in [3.05, 3.63) is 65.5 Å². The molecule has 18 heavy (non-hydrogen) atoms. The molecule has 0 amide bonds. The molecule has 1 N–H and O–H groups in total. The van der Waals surface area contributed by atoms with Crippen LogP contribution in [0.25, 0.3) is 0 Å². The van der Waals surface area contributed by atoms with Gasteiger partial charge in [-0.25, -0.2) is 0 Å². The van der Waals surface area contributed by atoms with Crippen LogP contribution in [0, 0.1) is 18.3 Å². The van der Waals surface area contributed by atoms with Gasteiger partial charge >= 0.3 is 0 Å². The van der Waals surface area contributed by atoms with Crippen molar-refractivity contribution in [2.75, 3.05) is 0 Å². The second-order valence-electron chi connectivity index (χ2n) is 4.18. The Morgan fingerprint density at radius 2 is 2.17 bits per heavy atom. The fourth-order valence-corrected chi connectivity index (χ4v) is 1.80. The SMILES string of the molecule is Cc1cccc(C(C#N)NCc2ccccn2)c1. The topological polar surface area (TPSA) is 48.7 Å². The number of nitrogens with one attached hydrogen (secondary N) is 1. The molecule has 0 aliphatic rings. The van der Waals surface area contributed by atoms with Gasteiger partial charge in [-0.1, -0.05) is 35.9 Å². The third-order valence-electron chi connectivity index (χ3n) is 2.72. The number of aromatic nitrogens is 1. The second-order valence-corrected chi connectivity index (χ2v) is 4.18. The number of nitrogens with zero attached hydrogens (tertiary/aromatic N) is 2. The van der Waals surface area contributed by atoms with Gasteiger partial charge in [0.05, 0.1) is 11.8 Å².